The Hall–Kier alpha value is -1.87. The van der Waals surface area contributed by atoms with Crippen LogP contribution in [0.2, 0.25) is 0 Å². The van der Waals surface area contributed by atoms with Crippen LogP contribution in [0.3, 0.4) is 0 Å². The first-order chi connectivity index (χ1) is 11.2. The van der Waals surface area contributed by atoms with Crippen molar-refractivity contribution in [1.82, 2.24) is 15.2 Å². The van der Waals surface area contributed by atoms with Gasteiger partial charge in [0.2, 0.25) is 16.9 Å². The molecule has 0 aromatic carbocycles. The Bertz CT molecular complexity index is 752. The molecule has 4 rings (SSSR count). The van der Waals surface area contributed by atoms with E-state index in [4.69, 9.17) is 0 Å². The Labute approximate surface area is 140 Å². The first-order valence-electron chi connectivity index (χ1n) is 7.57. The van der Waals surface area contributed by atoms with Crippen LogP contribution in [0.25, 0.3) is 0 Å². The predicted molar refractivity (Wildman–Crippen MR) is 87.9 cm³/mol. The van der Waals surface area contributed by atoms with Crippen LogP contribution in [0.1, 0.15) is 42.3 Å². The molecular formula is C14H15N5O2S2. The third-order valence-electron chi connectivity index (χ3n) is 3.80. The van der Waals surface area contributed by atoms with Crippen molar-refractivity contribution in [2.45, 2.75) is 38.0 Å². The number of nitrogens with one attached hydrogen (secondary N) is 1. The van der Waals surface area contributed by atoms with E-state index in [2.05, 4.69) is 20.5 Å². The zero-order valence-electron chi connectivity index (χ0n) is 12.3. The second-order valence-corrected chi connectivity index (χ2v) is 7.56. The third-order valence-corrected chi connectivity index (χ3v) is 5.71. The highest BCUT2D eigenvalue weighted by Crippen LogP contribution is 2.42. The van der Waals surface area contributed by atoms with Crippen LogP contribution in [0.15, 0.2) is 5.38 Å². The second-order valence-electron chi connectivity index (χ2n) is 5.72. The van der Waals surface area contributed by atoms with Crippen LogP contribution in [-0.4, -0.2) is 33.5 Å². The van der Waals surface area contributed by atoms with Crippen LogP contribution >= 0.6 is 22.7 Å². The van der Waals surface area contributed by atoms with E-state index in [9.17, 15) is 9.59 Å². The van der Waals surface area contributed by atoms with E-state index in [1.807, 2.05) is 5.38 Å². The lowest BCUT2D eigenvalue weighted by Crippen LogP contribution is -2.23. The summed E-state index contributed by atoms with van der Waals surface area (Å²) in [7, 11) is 0. The monoisotopic (exact) mass is 349 g/mol. The van der Waals surface area contributed by atoms with Gasteiger partial charge < -0.3 is 5.32 Å². The number of nitrogens with zero attached hydrogens (tertiary/aromatic N) is 4. The average molecular weight is 349 g/mol. The fourth-order valence-corrected chi connectivity index (χ4v) is 4.26. The fourth-order valence-electron chi connectivity index (χ4n) is 2.46. The summed E-state index contributed by atoms with van der Waals surface area (Å²) in [5, 5.41) is 14.9. The molecular weight excluding hydrogens is 334 g/mol. The summed E-state index contributed by atoms with van der Waals surface area (Å²) in [5.74, 6) is 0.488. The van der Waals surface area contributed by atoms with Gasteiger partial charge in [-0.2, -0.15) is 0 Å². The largest absolute Gasteiger partial charge is 0.300 e. The van der Waals surface area contributed by atoms with Crippen LogP contribution < -0.4 is 10.2 Å². The van der Waals surface area contributed by atoms with E-state index in [0.29, 0.717) is 34.8 Å². The van der Waals surface area contributed by atoms with E-state index in [0.717, 1.165) is 11.4 Å². The summed E-state index contributed by atoms with van der Waals surface area (Å²) >= 11 is 2.85. The maximum Gasteiger partial charge on any atom is 0.232 e. The van der Waals surface area contributed by atoms with E-state index >= 15 is 0 Å². The number of hydrogen-bond acceptors (Lipinski definition) is 7. The highest BCUT2D eigenvalue weighted by molar-refractivity contribution is 7.15. The van der Waals surface area contributed by atoms with Crippen LogP contribution in [0.4, 0.5) is 10.3 Å². The number of amides is 2. The molecule has 120 valence electrons. The van der Waals surface area contributed by atoms with Crippen LogP contribution in [0, 0.1) is 0 Å². The summed E-state index contributed by atoms with van der Waals surface area (Å²) in [6.45, 7) is 0.715. The summed E-state index contributed by atoms with van der Waals surface area (Å²) < 4.78 is 0. The molecule has 1 saturated carbocycles. The van der Waals surface area contributed by atoms with Crippen molar-refractivity contribution in [3.8, 4) is 0 Å². The minimum atomic E-state index is -0.159. The quantitative estimate of drug-likeness (QED) is 0.894. The first-order valence-corrected chi connectivity index (χ1v) is 9.26. The van der Waals surface area contributed by atoms with E-state index in [1.165, 1.54) is 35.5 Å². The van der Waals surface area contributed by atoms with Gasteiger partial charge in [-0.15, -0.1) is 21.5 Å². The lowest BCUT2D eigenvalue weighted by Gasteiger charge is -2.10. The predicted octanol–water partition coefficient (Wildman–Crippen LogP) is 2.18. The smallest absolute Gasteiger partial charge is 0.232 e. The molecule has 7 nitrogen and oxygen atoms in total. The average Bonchev–Trinajstić information content (AvgIpc) is 2.91. The number of carbonyl (C=O) groups excluding carboxylic acids is 2. The molecule has 1 aliphatic carbocycles. The van der Waals surface area contributed by atoms with Crippen molar-refractivity contribution >= 4 is 44.8 Å². The molecule has 2 aliphatic rings. The molecule has 2 aromatic heterocycles. The lowest BCUT2D eigenvalue weighted by atomic mass is 10.3. The lowest BCUT2D eigenvalue weighted by molar-refractivity contribution is -0.117. The molecule has 1 saturated heterocycles. The molecule has 23 heavy (non-hydrogen) atoms. The number of hydrogen-bond donors (Lipinski definition) is 1. The van der Waals surface area contributed by atoms with Gasteiger partial charge >= 0.3 is 0 Å². The molecule has 0 spiro atoms. The summed E-state index contributed by atoms with van der Waals surface area (Å²) in [6.07, 6.45) is 3.96. The molecule has 0 radical (unpaired) electrons. The van der Waals surface area contributed by atoms with Crippen molar-refractivity contribution in [3.63, 3.8) is 0 Å². The van der Waals surface area contributed by atoms with Crippen molar-refractivity contribution in [2.24, 2.45) is 0 Å². The zero-order chi connectivity index (χ0) is 15.8. The van der Waals surface area contributed by atoms with Crippen LogP contribution in [-0.2, 0) is 16.0 Å². The second kappa shape index (κ2) is 5.97. The summed E-state index contributed by atoms with van der Waals surface area (Å²) in [5.41, 5.74) is 0.675. The molecule has 2 amide bonds. The van der Waals surface area contributed by atoms with Gasteiger partial charge in [0, 0.05) is 24.3 Å². The summed E-state index contributed by atoms with van der Waals surface area (Å²) in [6, 6.07) is 0. The van der Waals surface area contributed by atoms with Gasteiger partial charge in [0.1, 0.15) is 5.01 Å². The number of anilines is 2. The normalized spacial score (nSPS) is 17.7. The van der Waals surface area contributed by atoms with E-state index < -0.39 is 0 Å². The minimum Gasteiger partial charge on any atom is -0.300 e. The Balaban J connectivity index is 1.36. The molecule has 0 bridgehead atoms. The molecule has 0 unspecified atom stereocenters. The number of carbonyl (C=O) groups is 2. The minimum absolute atomic E-state index is 0.108. The van der Waals surface area contributed by atoms with E-state index in [-0.39, 0.29) is 18.2 Å². The Kier molecular flexibility index (Phi) is 3.82. The standard InChI is InChI=1S/C14H15N5O2S2/c20-10(16-13-18-17-12(23-13)8-3-4-8)6-9-7-22-14(15-9)19-5-1-2-11(19)21/h7-8H,1-6H2,(H,16,18,20). The Morgan fingerprint density at radius 1 is 1.39 bits per heavy atom. The maximum atomic E-state index is 12.1. The molecule has 1 aliphatic heterocycles. The first kappa shape index (κ1) is 14.7. The van der Waals surface area contributed by atoms with Gasteiger partial charge in [-0.3, -0.25) is 14.5 Å². The van der Waals surface area contributed by atoms with Gasteiger partial charge in [-0.1, -0.05) is 11.3 Å². The summed E-state index contributed by atoms with van der Waals surface area (Å²) in [4.78, 5) is 29.9. The SMILES string of the molecule is O=C(Cc1csc(N2CCCC2=O)n1)Nc1nnc(C2CC2)s1. The van der Waals surface area contributed by atoms with Crippen molar-refractivity contribution in [1.29, 1.82) is 0 Å². The Morgan fingerprint density at radius 3 is 3.00 bits per heavy atom. The van der Waals surface area contributed by atoms with Crippen molar-refractivity contribution in [3.05, 3.63) is 16.1 Å². The van der Waals surface area contributed by atoms with Crippen LogP contribution in [0.5, 0.6) is 0 Å². The topological polar surface area (TPSA) is 88.1 Å². The molecule has 3 heterocycles. The Morgan fingerprint density at radius 2 is 2.26 bits per heavy atom. The van der Waals surface area contributed by atoms with E-state index in [1.54, 1.807) is 4.90 Å². The highest BCUT2D eigenvalue weighted by atomic mass is 32.1. The van der Waals surface area contributed by atoms with Crippen molar-refractivity contribution in [2.75, 3.05) is 16.8 Å². The van der Waals surface area contributed by atoms with Gasteiger partial charge in [0.15, 0.2) is 5.13 Å². The number of thiazole rings is 1. The molecule has 1 N–H and O–H groups in total. The maximum absolute atomic E-state index is 12.1. The van der Waals surface area contributed by atoms with Crippen molar-refractivity contribution < 1.29 is 9.59 Å². The van der Waals surface area contributed by atoms with Gasteiger partial charge in [-0.25, -0.2) is 4.98 Å². The highest BCUT2D eigenvalue weighted by Gasteiger charge is 2.28. The molecule has 2 fully saturated rings. The van der Waals surface area contributed by atoms with Gasteiger partial charge in [0.25, 0.3) is 0 Å². The fraction of sp³-hybridized carbons (Fsp3) is 0.500. The zero-order valence-corrected chi connectivity index (χ0v) is 14.0. The third kappa shape index (κ3) is 3.25. The molecule has 9 heteroatoms. The molecule has 0 atom stereocenters. The number of aromatic nitrogens is 3. The van der Waals surface area contributed by atoms with Gasteiger partial charge in [0.05, 0.1) is 12.1 Å². The number of rotatable bonds is 5. The van der Waals surface area contributed by atoms with Gasteiger partial charge in [-0.05, 0) is 19.3 Å². The molecule has 2 aromatic rings.